The SMILES string of the molecule is O=C(NC(CCc1ccccc1)C(F)(F)F)c1cc(C2CC2)[nH]c(=O)c1. The maximum absolute atomic E-state index is 13.3. The van der Waals surface area contributed by atoms with E-state index in [0.29, 0.717) is 5.69 Å². The van der Waals surface area contributed by atoms with Crippen LogP contribution in [0, 0.1) is 0 Å². The van der Waals surface area contributed by atoms with Crippen LogP contribution in [0.4, 0.5) is 13.2 Å². The zero-order valence-corrected chi connectivity index (χ0v) is 14.0. The van der Waals surface area contributed by atoms with Crippen molar-refractivity contribution < 1.29 is 18.0 Å². The van der Waals surface area contributed by atoms with E-state index in [2.05, 4.69) is 4.98 Å². The molecular formula is C19H19F3N2O2. The van der Waals surface area contributed by atoms with Crippen LogP contribution in [-0.4, -0.2) is 23.1 Å². The fourth-order valence-electron chi connectivity index (χ4n) is 2.83. The van der Waals surface area contributed by atoms with Crippen LogP contribution in [0.1, 0.15) is 46.8 Å². The van der Waals surface area contributed by atoms with Gasteiger partial charge in [-0.3, -0.25) is 9.59 Å². The lowest BCUT2D eigenvalue weighted by Gasteiger charge is -2.22. The van der Waals surface area contributed by atoms with Crippen LogP contribution >= 0.6 is 0 Å². The summed E-state index contributed by atoms with van der Waals surface area (Å²) in [5.41, 5.74) is 0.857. The number of nitrogens with one attached hydrogen (secondary N) is 2. The van der Waals surface area contributed by atoms with Gasteiger partial charge >= 0.3 is 6.18 Å². The third kappa shape index (κ3) is 4.74. The minimum Gasteiger partial charge on any atom is -0.340 e. The number of alkyl halides is 3. The first kappa shape index (κ1) is 18.2. The minimum atomic E-state index is -4.56. The second-order valence-corrected chi connectivity index (χ2v) is 6.55. The molecule has 0 aliphatic heterocycles. The van der Waals surface area contributed by atoms with Crippen molar-refractivity contribution in [3.05, 3.63) is 69.6 Å². The predicted molar refractivity (Wildman–Crippen MR) is 91.1 cm³/mol. The van der Waals surface area contributed by atoms with E-state index in [-0.39, 0.29) is 24.3 Å². The third-order valence-corrected chi connectivity index (χ3v) is 4.41. The Balaban J connectivity index is 1.72. The van der Waals surface area contributed by atoms with Gasteiger partial charge in [0.2, 0.25) is 5.56 Å². The second-order valence-electron chi connectivity index (χ2n) is 6.55. The summed E-state index contributed by atoms with van der Waals surface area (Å²) in [4.78, 5) is 26.6. The molecule has 0 bridgehead atoms. The maximum Gasteiger partial charge on any atom is 0.408 e. The van der Waals surface area contributed by atoms with E-state index in [0.717, 1.165) is 24.5 Å². The maximum atomic E-state index is 13.3. The lowest BCUT2D eigenvalue weighted by Crippen LogP contribution is -2.45. The van der Waals surface area contributed by atoms with Gasteiger partial charge in [-0.2, -0.15) is 13.2 Å². The number of benzene rings is 1. The summed E-state index contributed by atoms with van der Waals surface area (Å²) < 4.78 is 39.9. The molecule has 7 heteroatoms. The van der Waals surface area contributed by atoms with Crippen LogP contribution in [0.5, 0.6) is 0 Å². The summed E-state index contributed by atoms with van der Waals surface area (Å²) in [6, 6.07) is 9.32. The molecule has 1 aromatic carbocycles. The number of amides is 1. The number of hydrogen-bond donors (Lipinski definition) is 2. The molecule has 1 amide bonds. The number of aryl methyl sites for hydroxylation is 1. The van der Waals surface area contributed by atoms with Gasteiger partial charge in [-0.1, -0.05) is 30.3 Å². The molecule has 0 saturated heterocycles. The van der Waals surface area contributed by atoms with E-state index in [1.54, 1.807) is 30.3 Å². The number of aromatic nitrogens is 1. The van der Waals surface area contributed by atoms with E-state index in [1.807, 2.05) is 5.32 Å². The first-order valence-corrected chi connectivity index (χ1v) is 8.48. The number of rotatable bonds is 6. The van der Waals surface area contributed by atoms with E-state index >= 15 is 0 Å². The molecule has 2 aromatic rings. The van der Waals surface area contributed by atoms with Crippen molar-refractivity contribution in [1.29, 1.82) is 0 Å². The van der Waals surface area contributed by atoms with Gasteiger partial charge < -0.3 is 10.3 Å². The van der Waals surface area contributed by atoms with Crippen molar-refractivity contribution in [2.75, 3.05) is 0 Å². The fourth-order valence-corrected chi connectivity index (χ4v) is 2.83. The zero-order chi connectivity index (χ0) is 18.7. The average molecular weight is 364 g/mol. The zero-order valence-electron chi connectivity index (χ0n) is 14.0. The van der Waals surface area contributed by atoms with Crippen molar-refractivity contribution in [2.24, 2.45) is 0 Å². The number of halogens is 3. The van der Waals surface area contributed by atoms with Crippen LogP contribution < -0.4 is 10.9 Å². The number of pyridine rings is 1. The summed E-state index contributed by atoms with van der Waals surface area (Å²) >= 11 is 0. The fraction of sp³-hybridized carbons (Fsp3) is 0.368. The number of carbonyl (C=O) groups is 1. The summed E-state index contributed by atoms with van der Waals surface area (Å²) in [7, 11) is 0. The highest BCUT2D eigenvalue weighted by Gasteiger charge is 2.40. The molecule has 1 unspecified atom stereocenters. The lowest BCUT2D eigenvalue weighted by atomic mass is 10.0. The highest BCUT2D eigenvalue weighted by atomic mass is 19.4. The molecule has 4 nitrogen and oxygen atoms in total. The highest BCUT2D eigenvalue weighted by molar-refractivity contribution is 5.94. The van der Waals surface area contributed by atoms with Crippen LogP contribution in [0.25, 0.3) is 0 Å². The standard InChI is InChI=1S/C19H19F3N2O2/c20-19(21,22)16(9-6-12-4-2-1-3-5-12)24-18(26)14-10-15(13-7-8-13)23-17(25)11-14/h1-5,10-11,13,16H,6-9H2,(H,23,25)(H,24,26). The van der Waals surface area contributed by atoms with E-state index < -0.39 is 23.7 Å². The summed E-state index contributed by atoms with van der Waals surface area (Å²) in [5.74, 6) is -0.694. The molecule has 26 heavy (non-hydrogen) atoms. The van der Waals surface area contributed by atoms with Gasteiger partial charge in [0.25, 0.3) is 5.91 Å². The molecule has 138 valence electrons. The molecule has 3 rings (SSSR count). The number of aromatic amines is 1. The topological polar surface area (TPSA) is 62.0 Å². The van der Waals surface area contributed by atoms with Gasteiger partial charge in [0.15, 0.2) is 0 Å². The van der Waals surface area contributed by atoms with Crippen molar-refractivity contribution in [2.45, 2.75) is 43.8 Å². The minimum absolute atomic E-state index is 0.0374. The van der Waals surface area contributed by atoms with Gasteiger partial charge in [0.1, 0.15) is 6.04 Å². The molecule has 0 spiro atoms. The summed E-state index contributed by atoms with van der Waals surface area (Å²) in [5, 5.41) is 2.04. The largest absolute Gasteiger partial charge is 0.408 e. The molecule has 1 heterocycles. The Morgan fingerprint density at radius 2 is 1.88 bits per heavy atom. The Bertz CT molecular complexity index is 827. The van der Waals surface area contributed by atoms with Gasteiger partial charge in [-0.05, 0) is 43.2 Å². The van der Waals surface area contributed by atoms with Gasteiger partial charge in [-0.15, -0.1) is 0 Å². The molecule has 0 radical (unpaired) electrons. The number of H-pyrrole nitrogens is 1. The van der Waals surface area contributed by atoms with Crippen molar-refractivity contribution in [3.8, 4) is 0 Å². The van der Waals surface area contributed by atoms with Crippen molar-refractivity contribution >= 4 is 5.91 Å². The van der Waals surface area contributed by atoms with Crippen molar-refractivity contribution in [3.63, 3.8) is 0 Å². The van der Waals surface area contributed by atoms with Gasteiger partial charge in [0, 0.05) is 17.3 Å². The molecule has 1 fully saturated rings. The Labute approximate surface area is 148 Å². The molecule has 2 N–H and O–H groups in total. The smallest absolute Gasteiger partial charge is 0.340 e. The number of hydrogen-bond acceptors (Lipinski definition) is 2. The number of carbonyl (C=O) groups excluding carboxylic acids is 1. The van der Waals surface area contributed by atoms with E-state index in [4.69, 9.17) is 0 Å². The molecule has 1 aliphatic rings. The first-order valence-electron chi connectivity index (χ1n) is 8.48. The lowest BCUT2D eigenvalue weighted by molar-refractivity contribution is -0.154. The normalized spacial score (nSPS) is 15.5. The molecule has 1 atom stereocenters. The van der Waals surface area contributed by atoms with Crippen molar-refractivity contribution in [1.82, 2.24) is 10.3 Å². The predicted octanol–water partition coefficient (Wildman–Crippen LogP) is 3.55. The Morgan fingerprint density at radius 1 is 1.19 bits per heavy atom. The second kappa shape index (κ2) is 7.35. The molecule has 1 aliphatic carbocycles. The van der Waals surface area contributed by atoms with Crippen LogP contribution in [-0.2, 0) is 6.42 Å². The molecular weight excluding hydrogens is 345 g/mol. The first-order chi connectivity index (χ1) is 12.3. The monoisotopic (exact) mass is 364 g/mol. The van der Waals surface area contributed by atoms with Gasteiger partial charge in [0.05, 0.1) is 0 Å². The quantitative estimate of drug-likeness (QED) is 0.824. The summed E-state index contributed by atoms with van der Waals surface area (Å²) in [6.07, 6.45) is -2.83. The van der Waals surface area contributed by atoms with Crippen LogP contribution in [0.2, 0.25) is 0 Å². The third-order valence-electron chi connectivity index (χ3n) is 4.41. The summed E-state index contributed by atoms with van der Waals surface area (Å²) in [6.45, 7) is 0. The molecule has 1 saturated carbocycles. The molecule has 1 aromatic heterocycles. The Morgan fingerprint density at radius 3 is 2.50 bits per heavy atom. The van der Waals surface area contributed by atoms with Gasteiger partial charge in [-0.25, -0.2) is 0 Å². The van der Waals surface area contributed by atoms with E-state index in [9.17, 15) is 22.8 Å². The average Bonchev–Trinajstić information content (AvgIpc) is 3.43. The van der Waals surface area contributed by atoms with E-state index in [1.165, 1.54) is 6.07 Å². The van der Waals surface area contributed by atoms with Crippen LogP contribution in [0.15, 0.2) is 47.3 Å². The Kier molecular flexibility index (Phi) is 5.15. The Hall–Kier alpha value is -2.57. The highest BCUT2D eigenvalue weighted by Crippen LogP contribution is 2.38. The van der Waals surface area contributed by atoms with Crippen LogP contribution in [0.3, 0.4) is 0 Å².